The van der Waals surface area contributed by atoms with E-state index >= 15 is 0 Å². The van der Waals surface area contributed by atoms with Crippen LogP contribution in [0.25, 0.3) is 0 Å². The third kappa shape index (κ3) is 7.62. The molecule has 0 rings (SSSR count). The molecule has 0 atom stereocenters. The molecule has 0 fully saturated rings. The molecular formula is C11H24MgO2. The fourth-order valence-corrected chi connectivity index (χ4v) is 1.28. The van der Waals surface area contributed by atoms with Crippen molar-refractivity contribution in [1.29, 1.82) is 0 Å². The predicted octanol–water partition coefficient (Wildman–Crippen LogP) is 2.54. The molecule has 0 saturated heterocycles. The van der Waals surface area contributed by atoms with E-state index in [0.717, 1.165) is 12.8 Å². The average Bonchev–Trinajstić information content (AvgIpc) is 2.03. The van der Waals surface area contributed by atoms with Crippen LogP contribution in [0.3, 0.4) is 0 Å². The van der Waals surface area contributed by atoms with Gasteiger partial charge in [0.2, 0.25) is 0 Å². The van der Waals surface area contributed by atoms with Crippen LogP contribution >= 0.6 is 0 Å². The lowest BCUT2D eigenvalue weighted by atomic mass is 9.87. The topological polar surface area (TPSA) is 37.3 Å². The van der Waals surface area contributed by atoms with Crippen molar-refractivity contribution in [2.45, 2.75) is 59.3 Å². The van der Waals surface area contributed by atoms with Gasteiger partial charge < -0.3 is 5.11 Å². The zero-order valence-electron chi connectivity index (χ0n) is 9.10. The fourth-order valence-electron chi connectivity index (χ4n) is 1.28. The minimum Gasteiger partial charge on any atom is -0.481 e. The number of hydrogen-bond acceptors (Lipinski definition) is 1. The molecule has 0 aromatic rings. The lowest BCUT2D eigenvalue weighted by Gasteiger charge is -2.18. The van der Waals surface area contributed by atoms with Crippen LogP contribution in [0.15, 0.2) is 0 Å². The summed E-state index contributed by atoms with van der Waals surface area (Å²) < 4.78 is 0. The highest BCUT2D eigenvalue weighted by atomic mass is 24.3. The summed E-state index contributed by atoms with van der Waals surface area (Å²) in [4.78, 5) is 10.7. The van der Waals surface area contributed by atoms with E-state index < -0.39 is 11.4 Å². The highest BCUT2D eigenvalue weighted by Gasteiger charge is 2.25. The molecule has 0 aromatic carbocycles. The molecule has 0 unspecified atom stereocenters. The van der Waals surface area contributed by atoms with Gasteiger partial charge in [-0.05, 0) is 20.3 Å². The Balaban J connectivity index is 0. The van der Waals surface area contributed by atoms with E-state index in [4.69, 9.17) is 5.11 Å². The van der Waals surface area contributed by atoms with Crippen LogP contribution < -0.4 is 0 Å². The van der Waals surface area contributed by atoms with Gasteiger partial charge in [-0.15, -0.1) is 0 Å². The number of carboxylic acids is 1. The standard InChI is InChI=1S/C11H22O2.Mg.2H/c1-4-5-6-7-8-9-11(2,3)10(12)13;;;/h4-9H2,1-3H3,(H,12,13);;;. The zero-order chi connectivity index (χ0) is 10.3. The summed E-state index contributed by atoms with van der Waals surface area (Å²) in [5, 5.41) is 8.84. The fraction of sp³-hybridized carbons (Fsp3) is 0.909. The molecule has 0 spiro atoms. The van der Waals surface area contributed by atoms with Crippen molar-refractivity contribution >= 4 is 29.0 Å². The third-order valence-electron chi connectivity index (χ3n) is 2.48. The number of carbonyl (C=O) groups is 1. The normalized spacial score (nSPS) is 10.8. The molecule has 3 heteroatoms. The molecule has 14 heavy (non-hydrogen) atoms. The van der Waals surface area contributed by atoms with Crippen LogP contribution in [0.1, 0.15) is 59.3 Å². The Hall–Kier alpha value is 0.236. The molecule has 2 nitrogen and oxygen atoms in total. The van der Waals surface area contributed by atoms with Gasteiger partial charge >= 0.3 is 29.0 Å². The highest BCUT2D eigenvalue weighted by molar-refractivity contribution is 5.75. The van der Waals surface area contributed by atoms with Gasteiger partial charge in [0, 0.05) is 0 Å². The molecule has 0 heterocycles. The van der Waals surface area contributed by atoms with Gasteiger partial charge in [0.25, 0.3) is 0 Å². The lowest BCUT2D eigenvalue weighted by molar-refractivity contribution is -0.147. The summed E-state index contributed by atoms with van der Waals surface area (Å²) in [5.41, 5.74) is -0.536. The quantitative estimate of drug-likeness (QED) is 0.520. The molecule has 0 radical (unpaired) electrons. The predicted molar refractivity (Wildman–Crippen MR) is 63.3 cm³/mol. The minimum atomic E-state index is -0.678. The van der Waals surface area contributed by atoms with Crippen LogP contribution in [0, 0.1) is 5.41 Å². The number of unbranched alkanes of at least 4 members (excludes halogenated alkanes) is 4. The Bertz CT molecular complexity index is 155. The average molecular weight is 213 g/mol. The van der Waals surface area contributed by atoms with Crippen molar-refractivity contribution in [3.05, 3.63) is 0 Å². The van der Waals surface area contributed by atoms with E-state index in [1.807, 2.05) is 0 Å². The second-order valence-corrected chi connectivity index (χ2v) is 4.35. The SMILES string of the molecule is CCCCCCCC(C)(C)C(=O)O.[MgH2]. The number of hydrogen-bond donors (Lipinski definition) is 1. The first-order valence-electron chi connectivity index (χ1n) is 5.24. The Morgan fingerprint density at radius 2 is 1.64 bits per heavy atom. The van der Waals surface area contributed by atoms with Crippen molar-refractivity contribution in [3.63, 3.8) is 0 Å². The number of rotatable bonds is 7. The molecule has 82 valence electrons. The van der Waals surface area contributed by atoms with Crippen molar-refractivity contribution in [2.75, 3.05) is 0 Å². The summed E-state index contributed by atoms with van der Waals surface area (Å²) in [6, 6.07) is 0. The third-order valence-corrected chi connectivity index (χ3v) is 2.48. The highest BCUT2D eigenvalue weighted by Crippen LogP contribution is 2.23. The van der Waals surface area contributed by atoms with E-state index in [2.05, 4.69) is 6.92 Å². The van der Waals surface area contributed by atoms with Crippen molar-refractivity contribution in [2.24, 2.45) is 5.41 Å². The number of aliphatic carboxylic acids is 1. The van der Waals surface area contributed by atoms with Crippen molar-refractivity contribution in [3.8, 4) is 0 Å². The van der Waals surface area contributed by atoms with Gasteiger partial charge in [0.15, 0.2) is 0 Å². The van der Waals surface area contributed by atoms with Crippen LogP contribution in [-0.2, 0) is 4.79 Å². The summed E-state index contributed by atoms with van der Waals surface area (Å²) >= 11 is 0. The first-order chi connectivity index (χ1) is 6.00. The van der Waals surface area contributed by atoms with Gasteiger partial charge in [0.1, 0.15) is 0 Å². The largest absolute Gasteiger partial charge is 0.481 e. The zero-order valence-corrected chi connectivity index (χ0v) is 9.10. The van der Waals surface area contributed by atoms with E-state index in [9.17, 15) is 4.79 Å². The maximum Gasteiger partial charge on any atom is 0.316 e. The summed E-state index contributed by atoms with van der Waals surface area (Å²) in [6.45, 7) is 5.78. The number of carboxylic acid groups (broad SMARTS) is 1. The van der Waals surface area contributed by atoms with Crippen molar-refractivity contribution in [1.82, 2.24) is 0 Å². The molecule has 0 aliphatic carbocycles. The maximum atomic E-state index is 10.7. The molecule has 0 bridgehead atoms. The van der Waals surface area contributed by atoms with Crippen LogP contribution in [0.4, 0.5) is 0 Å². The van der Waals surface area contributed by atoms with Gasteiger partial charge in [0.05, 0.1) is 5.41 Å². The first-order valence-corrected chi connectivity index (χ1v) is 5.24. The maximum absolute atomic E-state index is 10.7. The smallest absolute Gasteiger partial charge is 0.316 e. The van der Waals surface area contributed by atoms with Crippen LogP contribution in [-0.4, -0.2) is 34.1 Å². The summed E-state index contributed by atoms with van der Waals surface area (Å²) in [7, 11) is 0. The van der Waals surface area contributed by atoms with Crippen LogP contribution in [0.5, 0.6) is 0 Å². The molecule has 0 aliphatic heterocycles. The lowest BCUT2D eigenvalue weighted by Crippen LogP contribution is -2.23. The molecular weight excluding hydrogens is 188 g/mol. The molecule has 1 N–H and O–H groups in total. The van der Waals surface area contributed by atoms with Gasteiger partial charge in [-0.25, -0.2) is 0 Å². The van der Waals surface area contributed by atoms with Crippen molar-refractivity contribution < 1.29 is 9.90 Å². The van der Waals surface area contributed by atoms with E-state index in [-0.39, 0.29) is 23.1 Å². The Morgan fingerprint density at radius 3 is 2.07 bits per heavy atom. The van der Waals surface area contributed by atoms with Crippen LogP contribution in [0.2, 0.25) is 0 Å². The molecule has 0 aromatic heterocycles. The Labute approximate surface area is 104 Å². The molecule has 0 aliphatic rings. The van der Waals surface area contributed by atoms with E-state index in [1.54, 1.807) is 13.8 Å². The molecule has 0 amide bonds. The van der Waals surface area contributed by atoms with Gasteiger partial charge in [-0.3, -0.25) is 4.79 Å². The first kappa shape index (κ1) is 16.7. The summed E-state index contributed by atoms with van der Waals surface area (Å²) in [5.74, 6) is -0.678. The van der Waals surface area contributed by atoms with Gasteiger partial charge in [-0.1, -0.05) is 39.0 Å². The second kappa shape index (κ2) is 8.54. The Kier molecular flexibility index (Phi) is 10.2. The van der Waals surface area contributed by atoms with E-state index in [0.29, 0.717) is 0 Å². The Morgan fingerprint density at radius 1 is 1.14 bits per heavy atom. The minimum absolute atomic E-state index is 0. The van der Waals surface area contributed by atoms with E-state index in [1.165, 1.54) is 25.7 Å². The molecule has 0 saturated carbocycles. The summed E-state index contributed by atoms with van der Waals surface area (Å²) in [6.07, 6.45) is 6.76. The second-order valence-electron chi connectivity index (χ2n) is 4.35. The monoisotopic (exact) mass is 212 g/mol. The van der Waals surface area contributed by atoms with Gasteiger partial charge in [-0.2, -0.15) is 0 Å².